The third-order valence-corrected chi connectivity index (χ3v) is 4.34. The molecule has 0 aromatic carbocycles. The molecule has 5 heteroatoms. The molecule has 1 saturated heterocycles. The van der Waals surface area contributed by atoms with Crippen LogP contribution in [0, 0.1) is 6.92 Å². The summed E-state index contributed by atoms with van der Waals surface area (Å²) in [7, 11) is 1.99. The van der Waals surface area contributed by atoms with E-state index in [0.29, 0.717) is 0 Å². The molecule has 3 heterocycles. The van der Waals surface area contributed by atoms with Crippen LogP contribution in [-0.2, 0) is 7.05 Å². The van der Waals surface area contributed by atoms with E-state index in [1.165, 1.54) is 30.4 Å². The van der Waals surface area contributed by atoms with Gasteiger partial charge >= 0.3 is 0 Å². The van der Waals surface area contributed by atoms with Crippen LogP contribution in [0.5, 0.6) is 0 Å². The van der Waals surface area contributed by atoms with Gasteiger partial charge in [0.15, 0.2) is 5.82 Å². The fraction of sp³-hybridized carbons (Fsp3) is 0.538. The summed E-state index contributed by atoms with van der Waals surface area (Å²) in [5.74, 6) is 1.87. The van der Waals surface area contributed by atoms with Crippen LogP contribution in [0.3, 0.4) is 0 Å². The Kier molecular flexibility index (Phi) is 3.07. The van der Waals surface area contributed by atoms with Crippen molar-refractivity contribution in [1.82, 2.24) is 14.8 Å². The number of rotatable bonds is 2. The standard InChI is InChI=1S/C13H18N4S/c1-10-8-18-9-11(10)12-14-13(16(2)15-12)17-6-4-3-5-7-17/h8-9H,3-7H2,1-2H3. The maximum atomic E-state index is 4.72. The molecule has 0 bridgehead atoms. The fourth-order valence-electron chi connectivity index (χ4n) is 2.45. The third-order valence-electron chi connectivity index (χ3n) is 3.48. The number of thiophene rings is 1. The summed E-state index contributed by atoms with van der Waals surface area (Å²) in [6.07, 6.45) is 3.87. The molecule has 18 heavy (non-hydrogen) atoms. The number of hydrogen-bond donors (Lipinski definition) is 0. The van der Waals surface area contributed by atoms with Crippen molar-refractivity contribution in [2.75, 3.05) is 18.0 Å². The molecular formula is C13H18N4S. The Labute approximate surface area is 111 Å². The molecule has 0 N–H and O–H groups in total. The van der Waals surface area contributed by atoms with Gasteiger partial charge in [0.2, 0.25) is 5.95 Å². The van der Waals surface area contributed by atoms with Crippen LogP contribution in [0.4, 0.5) is 5.95 Å². The Morgan fingerprint density at radius 3 is 2.61 bits per heavy atom. The first kappa shape index (κ1) is 11.7. The zero-order valence-corrected chi connectivity index (χ0v) is 11.7. The number of nitrogens with zero attached hydrogens (tertiary/aromatic N) is 4. The lowest BCUT2D eigenvalue weighted by Gasteiger charge is -2.26. The summed E-state index contributed by atoms with van der Waals surface area (Å²) in [5.41, 5.74) is 2.43. The van der Waals surface area contributed by atoms with Crippen LogP contribution < -0.4 is 4.90 Å². The minimum Gasteiger partial charge on any atom is -0.341 e. The van der Waals surface area contributed by atoms with Crippen molar-refractivity contribution in [3.63, 3.8) is 0 Å². The second kappa shape index (κ2) is 4.72. The maximum Gasteiger partial charge on any atom is 0.224 e. The predicted molar refractivity (Wildman–Crippen MR) is 75.1 cm³/mol. The number of anilines is 1. The van der Waals surface area contributed by atoms with Gasteiger partial charge in [-0.1, -0.05) is 0 Å². The molecule has 1 fully saturated rings. The zero-order chi connectivity index (χ0) is 12.5. The highest BCUT2D eigenvalue weighted by atomic mass is 32.1. The molecule has 0 spiro atoms. The lowest BCUT2D eigenvalue weighted by atomic mass is 10.1. The van der Waals surface area contributed by atoms with Gasteiger partial charge in [0.25, 0.3) is 0 Å². The van der Waals surface area contributed by atoms with E-state index in [-0.39, 0.29) is 0 Å². The van der Waals surface area contributed by atoms with E-state index in [4.69, 9.17) is 4.98 Å². The fourth-order valence-corrected chi connectivity index (χ4v) is 3.28. The zero-order valence-electron chi connectivity index (χ0n) is 10.9. The topological polar surface area (TPSA) is 34.0 Å². The molecule has 2 aromatic rings. The number of aromatic nitrogens is 3. The Morgan fingerprint density at radius 1 is 1.17 bits per heavy atom. The Balaban J connectivity index is 1.93. The minimum absolute atomic E-state index is 0.858. The molecule has 0 radical (unpaired) electrons. The molecule has 96 valence electrons. The van der Waals surface area contributed by atoms with E-state index in [0.717, 1.165) is 24.9 Å². The monoisotopic (exact) mass is 262 g/mol. The molecule has 1 aliphatic heterocycles. The highest BCUT2D eigenvalue weighted by molar-refractivity contribution is 7.08. The first-order valence-electron chi connectivity index (χ1n) is 6.45. The minimum atomic E-state index is 0.858. The van der Waals surface area contributed by atoms with Gasteiger partial charge in [-0.15, -0.1) is 5.10 Å². The second-order valence-electron chi connectivity index (χ2n) is 4.88. The smallest absolute Gasteiger partial charge is 0.224 e. The van der Waals surface area contributed by atoms with E-state index in [1.54, 1.807) is 11.3 Å². The van der Waals surface area contributed by atoms with Gasteiger partial charge in [0, 0.05) is 31.1 Å². The number of piperidine rings is 1. The predicted octanol–water partition coefficient (Wildman–Crippen LogP) is 2.84. The summed E-state index contributed by atoms with van der Waals surface area (Å²) in [6, 6.07) is 0. The number of aryl methyl sites for hydroxylation is 2. The van der Waals surface area contributed by atoms with E-state index < -0.39 is 0 Å². The summed E-state index contributed by atoms with van der Waals surface area (Å²) in [4.78, 5) is 7.07. The molecule has 0 unspecified atom stereocenters. The normalized spacial score (nSPS) is 16.2. The molecule has 0 amide bonds. The molecule has 0 aliphatic carbocycles. The van der Waals surface area contributed by atoms with Gasteiger partial charge in [0.1, 0.15) is 0 Å². The summed E-state index contributed by atoms with van der Waals surface area (Å²) >= 11 is 1.71. The third kappa shape index (κ3) is 2.03. The van der Waals surface area contributed by atoms with Crippen molar-refractivity contribution >= 4 is 17.3 Å². The van der Waals surface area contributed by atoms with Crippen molar-refractivity contribution in [1.29, 1.82) is 0 Å². The Hall–Kier alpha value is -1.36. The van der Waals surface area contributed by atoms with Gasteiger partial charge in [0.05, 0.1) is 0 Å². The molecule has 0 saturated carbocycles. The molecule has 4 nitrogen and oxygen atoms in total. The lowest BCUT2D eigenvalue weighted by Crippen LogP contribution is -2.31. The van der Waals surface area contributed by atoms with Gasteiger partial charge in [-0.2, -0.15) is 16.3 Å². The number of hydrogen-bond acceptors (Lipinski definition) is 4. The van der Waals surface area contributed by atoms with Gasteiger partial charge < -0.3 is 4.90 Å². The molecule has 2 aromatic heterocycles. The molecule has 0 atom stereocenters. The first-order valence-corrected chi connectivity index (χ1v) is 7.39. The van der Waals surface area contributed by atoms with Crippen LogP contribution in [0.1, 0.15) is 24.8 Å². The van der Waals surface area contributed by atoms with Crippen molar-refractivity contribution < 1.29 is 0 Å². The van der Waals surface area contributed by atoms with Crippen LogP contribution in [-0.4, -0.2) is 27.9 Å². The summed E-state index contributed by atoms with van der Waals surface area (Å²) < 4.78 is 1.91. The van der Waals surface area contributed by atoms with E-state index in [9.17, 15) is 0 Å². The summed E-state index contributed by atoms with van der Waals surface area (Å²) in [6.45, 7) is 4.33. The van der Waals surface area contributed by atoms with Crippen molar-refractivity contribution in [2.24, 2.45) is 7.05 Å². The van der Waals surface area contributed by atoms with Crippen LogP contribution >= 0.6 is 11.3 Å². The van der Waals surface area contributed by atoms with E-state index >= 15 is 0 Å². The van der Waals surface area contributed by atoms with Gasteiger partial charge in [-0.25, -0.2) is 4.68 Å². The quantitative estimate of drug-likeness (QED) is 0.834. The van der Waals surface area contributed by atoms with Gasteiger partial charge in [-0.3, -0.25) is 0 Å². The van der Waals surface area contributed by atoms with Crippen molar-refractivity contribution in [3.8, 4) is 11.4 Å². The van der Waals surface area contributed by atoms with Crippen LogP contribution in [0.15, 0.2) is 10.8 Å². The van der Waals surface area contributed by atoms with Crippen LogP contribution in [0.25, 0.3) is 11.4 Å². The van der Waals surface area contributed by atoms with Crippen molar-refractivity contribution in [3.05, 3.63) is 16.3 Å². The highest BCUT2D eigenvalue weighted by Gasteiger charge is 2.18. The first-order chi connectivity index (χ1) is 8.75. The van der Waals surface area contributed by atoms with Crippen molar-refractivity contribution in [2.45, 2.75) is 26.2 Å². The molecule has 1 aliphatic rings. The average Bonchev–Trinajstić information content (AvgIpc) is 2.96. The largest absolute Gasteiger partial charge is 0.341 e. The Morgan fingerprint density at radius 2 is 1.94 bits per heavy atom. The van der Waals surface area contributed by atoms with Gasteiger partial charge in [-0.05, 0) is 37.1 Å². The van der Waals surface area contributed by atoms with E-state index in [2.05, 4.69) is 27.7 Å². The van der Waals surface area contributed by atoms with E-state index in [1.807, 2.05) is 11.7 Å². The molecule has 3 rings (SSSR count). The van der Waals surface area contributed by atoms with Crippen LogP contribution in [0.2, 0.25) is 0 Å². The second-order valence-corrected chi connectivity index (χ2v) is 5.62. The SMILES string of the molecule is Cc1cscc1-c1nc(N2CCCCC2)n(C)n1. The highest BCUT2D eigenvalue weighted by Crippen LogP contribution is 2.26. The maximum absolute atomic E-state index is 4.72. The Bertz CT molecular complexity index is 537. The summed E-state index contributed by atoms with van der Waals surface area (Å²) in [5, 5.41) is 8.83. The molecular weight excluding hydrogens is 244 g/mol. The lowest BCUT2D eigenvalue weighted by molar-refractivity contribution is 0.557. The average molecular weight is 262 g/mol.